The van der Waals surface area contributed by atoms with Crippen molar-refractivity contribution in [3.63, 3.8) is 0 Å². The number of benzene rings is 1. The van der Waals surface area contributed by atoms with Crippen molar-refractivity contribution in [1.29, 1.82) is 0 Å². The van der Waals surface area contributed by atoms with Crippen molar-refractivity contribution in [3.05, 3.63) is 52.3 Å². The van der Waals surface area contributed by atoms with Gasteiger partial charge in [0, 0.05) is 28.4 Å². The highest BCUT2D eigenvalue weighted by Crippen LogP contribution is 2.23. The van der Waals surface area contributed by atoms with Crippen LogP contribution in [0.3, 0.4) is 0 Å². The van der Waals surface area contributed by atoms with Gasteiger partial charge in [0.2, 0.25) is 5.95 Å². The first-order valence-electron chi connectivity index (χ1n) is 6.56. The first-order valence-corrected chi connectivity index (χ1v) is 6.93. The summed E-state index contributed by atoms with van der Waals surface area (Å²) in [5, 5.41) is 7.19. The molecule has 2 heterocycles. The Labute approximate surface area is 123 Å². The Morgan fingerprint density at radius 3 is 2.50 bits per heavy atom. The van der Waals surface area contributed by atoms with E-state index in [1.54, 1.807) is 0 Å². The molecule has 0 aliphatic carbocycles. The maximum atomic E-state index is 6.22. The maximum Gasteiger partial charge on any atom is 0.246 e. The van der Waals surface area contributed by atoms with Crippen LogP contribution in [0.25, 0.3) is 0 Å². The van der Waals surface area contributed by atoms with Crippen molar-refractivity contribution in [1.82, 2.24) is 9.97 Å². The van der Waals surface area contributed by atoms with Crippen LogP contribution in [0.15, 0.2) is 35.4 Å². The third-order valence-corrected chi connectivity index (χ3v) is 3.52. The smallest absolute Gasteiger partial charge is 0.231 e. The molecule has 3 rings (SSSR count). The SMILES string of the molecule is Cc1cc(C)nc(N2CCC(c3ccccc3Cl)=N2)n1. The molecule has 0 fully saturated rings. The Kier molecular flexibility index (Phi) is 3.40. The number of hydrogen-bond donors (Lipinski definition) is 0. The van der Waals surface area contributed by atoms with Crippen LogP contribution >= 0.6 is 11.6 Å². The van der Waals surface area contributed by atoms with Crippen LogP contribution in [0.1, 0.15) is 23.4 Å². The number of halogens is 1. The second-order valence-corrected chi connectivity index (χ2v) is 5.26. The number of aromatic nitrogens is 2. The van der Waals surface area contributed by atoms with Gasteiger partial charge in [-0.1, -0.05) is 29.8 Å². The van der Waals surface area contributed by atoms with Gasteiger partial charge in [-0.3, -0.25) is 0 Å². The Balaban J connectivity index is 1.93. The van der Waals surface area contributed by atoms with E-state index in [2.05, 4.69) is 15.1 Å². The summed E-state index contributed by atoms with van der Waals surface area (Å²) in [5.41, 5.74) is 3.88. The number of anilines is 1. The van der Waals surface area contributed by atoms with E-state index < -0.39 is 0 Å². The summed E-state index contributed by atoms with van der Waals surface area (Å²) in [7, 11) is 0. The van der Waals surface area contributed by atoms with Crippen LogP contribution < -0.4 is 5.01 Å². The molecular formula is C15H15ClN4. The van der Waals surface area contributed by atoms with Crippen LogP contribution in [-0.2, 0) is 0 Å². The molecule has 0 saturated carbocycles. The molecule has 0 saturated heterocycles. The number of hydrazone groups is 1. The fourth-order valence-corrected chi connectivity index (χ4v) is 2.55. The fraction of sp³-hybridized carbons (Fsp3) is 0.267. The van der Waals surface area contributed by atoms with Gasteiger partial charge in [-0.05, 0) is 26.0 Å². The summed E-state index contributed by atoms with van der Waals surface area (Å²) in [6.45, 7) is 4.71. The summed E-state index contributed by atoms with van der Waals surface area (Å²) >= 11 is 6.22. The number of rotatable bonds is 2. The highest BCUT2D eigenvalue weighted by atomic mass is 35.5. The summed E-state index contributed by atoms with van der Waals surface area (Å²) in [6.07, 6.45) is 0.847. The van der Waals surface area contributed by atoms with Crippen LogP contribution in [0.5, 0.6) is 0 Å². The predicted octanol–water partition coefficient (Wildman–Crippen LogP) is 3.36. The molecule has 4 nitrogen and oxygen atoms in total. The lowest BCUT2D eigenvalue weighted by atomic mass is 10.1. The van der Waals surface area contributed by atoms with Crippen molar-refractivity contribution in [3.8, 4) is 0 Å². The lowest BCUT2D eigenvalue weighted by Crippen LogP contribution is -2.16. The second kappa shape index (κ2) is 5.21. The van der Waals surface area contributed by atoms with Gasteiger partial charge in [0.05, 0.1) is 12.3 Å². The average Bonchev–Trinajstić information content (AvgIpc) is 2.87. The summed E-state index contributed by atoms with van der Waals surface area (Å²) in [5.74, 6) is 0.657. The zero-order valence-corrected chi connectivity index (χ0v) is 12.2. The van der Waals surface area contributed by atoms with E-state index in [1.807, 2.05) is 49.2 Å². The zero-order valence-electron chi connectivity index (χ0n) is 11.5. The molecule has 2 aromatic rings. The first kappa shape index (κ1) is 13.1. The van der Waals surface area contributed by atoms with Gasteiger partial charge in [0.1, 0.15) is 0 Å². The summed E-state index contributed by atoms with van der Waals surface area (Å²) in [4.78, 5) is 8.88. The number of nitrogens with zero attached hydrogens (tertiary/aromatic N) is 4. The van der Waals surface area contributed by atoms with E-state index >= 15 is 0 Å². The number of hydrogen-bond acceptors (Lipinski definition) is 4. The molecule has 1 aromatic carbocycles. The minimum absolute atomic E-state index is 0.657. The normalized spacial score (nSPS) is 14.6. The largest absolute Gasteiger partial charge is 0.246 e. The van der Waals surface area contributed by atoms with Crippen LogP contribution in [0.4, 0.5) is 5.95 Å². The third-order valence-electron chi connectivity index (χ3n) is 3.19. The molecule has 1 aliphatic heterocycles. The van der Waals surface area contributed by atoms with Gasteiger partial charge in [0.15, 0.2) is 0 Å². The van der Waals surface area contributed by atoms with E-state index in [4.69, 9.17) is 11.6 Å². The lowest BCUT2D eigenvalue weighted by Gasteiger charge is -2.12. The van der Waals surface area contributed by atoms with Crippen LogP contribution in [0.2, 0.25) is 5.02 Å². The monoisotopic (exact) mass is 286 g/mol. The predicted molar refractivity (Wildman–Crippen MR) is 81.5 cm³/mol. The molecule has 0 N–H and O–H groups in total. The van der Waals surface area contributed by atoms with Gasteiger partial charge < -0.3 is 0 Å². The second-order valence-electron chi connectivity index (χ2n) is 4.85. The maximum absolute atomic E-state index is 6.22. The van der Waals surface area contributed by atoms with Crippen molar-refractivity contribution >= 4 is 23.3 Å². The number of aryl methyl sites for hydroxylation is 2. The van der Waals surface area contributed by atoms with Crippen molar-refractivity contribution < 1.29 is 0 Å². The van der Waals surface area contributed by atoms with E-state index in [-0.39, 0.29) is 0 Å². The third kappa shape index (κ3) is 2.51. The average molecular weight is 287 g/mol. The molecule has 1 aromatic heterocycles. The highest BCUT2D eigenvalue weighted by molar-refractivity contribution is 6.34. The van der Waals surface area contributed by atoms with Gasteiger partial charge in [0.25, 0.3) is 0 Å². The Morgan fingerprint density at radius 1 is 1.10 bits per heavy atom. The molecule has 0 unspecified atom stereocenters. The minimum Gasteiger partial charge on any atom is -0.231 e. The Bertz CT molecular complexity index is 661. The molecule has 0 radical (unpaired) electrons. The Hall–Kier alpha value is -1.94. The van der Waals surface area contributed by atoms with Crippen molar-refractivity contribution in [2.24, 2.45) is 5.10 Å². The van der Waals surface area contributed by atoms with Crippen molar-refractivity contribution in [2.75, 3.05) is 11.6 Å². The summed E-state index contributed by atoms with van der Waals surface area (Å²) < 4.78 is 0. The molecule has 102 valence electrons. The van der Waals surface area contributed by atoms with Gasteiger partial charge in [-0.15, -0.1) is 0 Å². The van der Waals surface area contributed by atoms with Crippen LogP contribution in [0, 0.1) is 13.8 Å². The van der Waals surface area contributed by atoms with Gasteiger partial charge in [-0.25, -0.2) is 15.0 Å². The molecule has 0 spiro atoms. The molecule has 0 bridgehead atoms. The Morgan fingerprint density at radius 2 is 1.80 bits per heavy atom. The quantitative estimate of drug-likeness (QED) is 0.850. The molecule has 0 atom stereocenters. The molecular weight excluding hydrogens is 272 g/mol. The van der Waals surface area contributed by atoms with E-state index in [0.29, 0.717) is 5.95 Å². The lowest BCUT2D eigenvalue weighted by molar-refractivity contribution is 0.849. The van der Waals surface area contributed by atoms with Gasteiger partial charge >= 0.3 is 0 Å². The fourth-order valence-electron chi connectivity index (χ4n) is 2.31. The molecule has 1 aliphatic rings. The van der Waals surface area contributed by atoms with E-state index in [1.165, 1.54) is 0 Å². The summed E-state index contributed by atoms with van der Waals surface area (Å²) in [6, 6.07) is 9.73. The standard InChI is InChI=1S/C15H15ClN4/c1-10-9-11(2)18-15(17-10)20-8-7-14(19-20)12-5-3-4-6-13(12)16/h3-6,9H,7-8H2,1-2H3. The van der Waals surface area contributed by atoms with E-state index in [0.717, 1.165) is 40.7 Å². The first-order chi connectivity index (χ1) is 9.63. The topological polar surface area (TPSA) is 41.4 Å². The van der Waals surface area contributed by atoms with Crippen LogP contribution in [-0.4, -0.2) is 22.2 Å². The molecule has 20 heavy (non-hydrogen) atoms. The highest BCUT2D eigenvalue weighted by Gasteiger charge is 2.20. The zero-order chi connectivity index (χ0) is 14.1. The minimum atomic E-state index is 0.657. The van der Waals surface area contributed by atoms with Gasteiger partial charge in [-0.2, -0.15) is 5.10 Å². The van der Waals surface area contributed by atoms with Crippen molar-refractivity contribution in [2.45, 2.75) is 20.3 Å². The molecule has 5 heteroatoms. The van der Waals surface area contributed by atoms with E-state index in [9.17, 15) is 0 Å². The molecule has 0 amide bonds.